The molecule has 122 valence electrons. The van der Waals surface area contributed by atoms with Gasteiger partial charge in [-0.3, -0.25) is 4.98 Å². The molecule has 3 nitrogen and oxygen atoms in total. The summed E-state index contributed by atoms with van der Waals surface area (Å²) in [6.45, 7) is 0.562. The van der Waals surface area contributed by atoms with Gasteiger partial charge in [0.05, 0.1) is 27.3 Å². The smallest absolute Gasteiger partial charge is 0.347 e. The molecule has 1 unspecified atom stereocenters. The molecule has 1 saturated heterocycles. The van der Waals surface area contributed by atoms with Crippen molar-refractivity contribution in [3.63, 3.8) is 0 Å². The van der Waals surface area contributed by atoms with Crippen LogP contribution in [0, 0.1) is 0 Å². The summed E-state index contributed by atoms with van der Waals surface area (Å²) in [4.78, 5) is 10.1. The Morgan fingerprint density at radius 1 is 1.17 bits per heavy atom. The summed E-state index contributed by atoms with van der Waals surface area (Å²) in [5.74, 6) is 0.0940. The molecule has 2 aromatic rings. The molecule has 2 aromatic heterocycles. The van der Waals surface area contributed by atoms with Crippen LogP contribution in [0.2, 0.25) is 10.0 Å². The number of nitrogens with zero attached hydrogens (tertiary/aromatic N) is 3. The molecule has 0 saturated carbocycles. The number of alkyl halides is 3. The average Bonchev–Trinajstić information content (AvgIpc) is 2.96. The molecule has 0 amide bonds. The van der Waals surface area contributed by atoms with E-state index in [4.69, 9.17) is 23.2 Å². The van der Waals surface area contributed by atoms with Crippen LogP contribution < -0.4 is 4.90 Å². The van der Waals surface area contributed by atoms with Crippen molar-refractivity contribution < 1.29 is 13.2 Å². The first-order valence-electron chi connectivity index (χ1n) is 6.98. The van der Waals surface area contributed by atoms with Crippen LogP contribution >= 0.6 is 23.2 Å². The first-order valence-corrected chi connectivity index (χ1v) is 7.74. The molecule has 1 aliphatic heterocycles. The van der Waals surface area contributed by atoms with Crippen LogP contribution in [0.5, 0.6) is 0 Å². The van der Waals surface area contributed by atoms with Gasteiger partial charge in [0.1, 0.15) is 5.82 Å². The summed E-state index contributed by atoms with van der Waals surface area (Å²) >= 11 is 11.7. The van der Waals surface area contributed by atoms with E-state index in [1.807, 2.05) is 12.1 Å². The van der Waals surface area contributed by atoms with Crippen molar-refractivity contribution in [1.29, 1.82) is 0 Å². The second-order valence-corrected chi connectivity index (χ2v) is 6.01. The number of halogens is 5. The van der Waals surface area contributed by atoms with E-state index in [9.17, 15) is 13.2 Å². The molecule has 23 heavy (non-hydrogen) atoms. The zero-order chi connectivity index (χ0) is 16.6. The van der Waals surface area contributed by atoms with Gasteiger partial charge in [-0.2, -0.15) is 13.2 Å². The molecule has 0 bridgehead atoms. The summed E-state index contributed by atoms with van der Waals surface area (Å²) in [6, 6.07) is 5.33. The zero-order valence-electron chi connectivity index (χ0n) is 11.8. The predicted octanol–water partition coefficient (Wildman–Crippen LogP) is 5.14. The van der Waals surface area contributed by atoms with Crippen molar-refractivity contribution in [3.05, 3.63) is 51.9 Å². The molecular weight excluding hydrogens is 350 g/mol. The minimum atomic E-state index is -4.63. The van der Waals surface area contributed by atoms with E-state index in [2.05, 4.69) is 9.97 Å². The van der Waals surface area contributed by atoms with Gasteiger partial charge < -0.3 is 4.90 Å². The lowest BCUT2D eigenvalue weighted by molar-refractivity contribution is -0.137. The van der Waals surface area contributed by atoms with E-state index < -0.39 is 21.8 Å². The van der Waals surface area contributed by atoms with E-state index in [1.165, 1.54) is 0 Å². The molecule has 0 spiro atoms. The lowest BCUT2D eigenvalue weighted by atomic mass is 10.1. The number of rotatable bonds is 2. The Morgan fingerprint density at radius 3 is 2.61 bits per heavy atom. The second kappa shape index (κ2) is 6.17. The summed E-state index contributed by atoms with van der Waals surface area (Å²) in [6.07, 6.45) is -0.377. The first kappa shape index (κ1) is 16.3. The van der Waals surface area contributed by atoms with Gasteiger partial charge in [-0.15, -0.1) is 0 Å². The second-order valence-electron chi connectivity index (χ2n) is 5.22. The monoisotopic (exact) mass is 361 g/mol. The number of hydrogen-bond donors (Lipinski definition) is 0. The van der Waals surface area contributed by atoms with Crippen molar-refractivity contribution in [2.24, 2.45) is 0 Å². The fourth-order valence-electron chi connectivity index (χ4n) is 2.82. The Balaban J connectivity index is 2.05. The highest BCUT2D eigenvalue weighted by Gasteiger charge is 2.39. The van der Waals surface area contributed by atoms with Gasteiger partial charge in [-0.05, 0) is 25.0 Å². The minimum absolute atomic E-state index is 0.0940. The first-order chi connectivity index (χ1) is 10.9. The van der Waals surface area contributed by atoms with Crippen LogP contribution in [-0.4, -0.2) is 16.5 Å². The van der Waals surface area contributed by atoms with Crippen molar-refractivity contribution in [2.75, 3.05) is 11.4 Å². The van der Waals surface area contributed by atoms with Gasteiger partial charge in [-0.25, -0.2) is 4.98 Å². The molecule has 1 atom stereocenters. The molecule has 8 heteroatoms. The van der Waals surface area contributed by atoms with Crippen LogP contribution in [0.25, 0.3) is 0 Å². The van der Waals surface area contributed by atoms with Gasteiger partial charge >= 0.3 is 6.18 Å². The van der Waals surface area contributed by atoms with Gasteiger partial charge in [0.25, 0.3) is 0 Å². The lowest BCUT2D eigenvalue weighted by Gasteiger charge is -2.27. The predicted molar refractivity (Wildman–Crippen MR) is 82.8 cm³/mol. The topological polar surface area (TPSA) is 29.0 Å². The van der Waals surface area contributed by atoms with Crippen molar-refractivity contribution in [1.82, 2.24) is 9.97 Å². The summed E-state index contributed by atoms with van der Waals surface area (Å²) in [5, 5.41) is -0.965. The van der Waals surface area contributed by atoms with Gasteiger partial charge in [0, 0.05) is 18.9 Å². The molecule has 1 aliphatic rings. The average molecular weight is 362 g/mol. The van der Waals surface area contributed by atoms with E-state index >= 15 is 0 Å². The fraction of sp³-hybridized carbons (Fsp3) is 0.333. The maximum absolute atomic E-state index is 13.2. The van der Waals surface area contributed by atoms with Crippen LogP contribution in [0.1, 0.15) is 30.1 Å². The molecule has 0 aliphatic carbocycles. The Labute approximate surface area is 141 Å². The van der Waals surface area contributed by atoms with Crippen molar-refractivity contribution in [3.8, 4) is 0 Å². The van der Waals surface area contributed by atoms with Gasteiger partial charge in [0.15, 0.2) is 0 Å². The van der Waals surface area contributed by atoms with Crippen molar-refractivity contribution in [2.45, 2.75) is 25.1 Å². The standard InChI is InChI=1S/C15H12Cl2F3N3/c16-9-8-22-14(13(17)12(9)15(18,19)20)23-7-3-5-11(23)10-4-1-2-6-21-10/h1-2,4,6,8,11H,3,5,7H2. The van der Waals surface area contributed by atoms with Crippen LogP contribution in [0.3, 0.4) is 0 Å². The summed E-state index contributed by atoms with van der Waals surface area (Å²) in [5.41, 5.74) is -0.260. The van der Waals surface area contributed by atoms with Crippen molar-refractivity contribution >= 4 is 29.0 Å². The molecule has 0 aromatic carbocycles. The van der Waals surface area contributed by atoms with E-state index in [0.29, 0.717) is 6.54 Å². The quantitative estimate of drug-likeness (QED) is 0.741. The molecule has 0 N–H and O–H groups in total. The highest BCUT2D eigenvalue weighted by Crippen LogP contribution is 2.45. The third kappa shape index (κ3) is 3.10. The number of anilines is 1. The molecule has 1 fully saturated rings. The Bertz CT molecular complexity index is 707. The van der Waals surface area contributed by atoms with Crippen LogP contribution in [0.4, 0.5) is 19.0 Å². The maximum Gasteiger partial charge on any atom is 0.419 e. The third-order valence-electron chi connectivity index (χ3n) is 3.79. The van der Waals surface area contributed by atoms with E-state index in [0.717, 1.165) is 24.7 Å². The SMILES string of the molecule is FC(F)(F)c1c(Cl)cnc(N2CCCC2c2ccccn2)c1Cl. The number of pyridine rings is 2. The van der Waals surface area contributed by atoms with Gasteiger partial charge in [0.2, 0.25) is 0 Å². The van der Waals surface area contributed by atoms with Crippen LogP contribution in [-0.2, 0) is 6.18 Å². The summed E-state index contributed by atoms with van der Waals surface area (Å²) < 4.78 is 39.5. The summed E-state index contributed by atoms with van der Waals surface area (Å²) in [7, 11) is 0. The third-order valence-corrected chi connectivity index (χ3v) is 4.44. The Morgan fingerprint density at radius 2 is 1.96 bits per heavy atom. The zero-order valence-corrected chi connectivity index (χ0v) is 13.3. The lowest BCUT2D eigenvalue weighted by Crippen LogP contribution is -2.25. The highest BCUT2D eigenvalue weighted by molar-refractivity contribution is 6.37. The highest BCUT2D eigenvalue weighted by atomic mass is 35.5. The molecular formula is C15H12Cl2F3N3. The largest absolute Gasteiger partial charge is 0.419 e. The minimum Gasteiger partial charge on any atom is -0.347 e. The Hall–Kier alpha value is -1.53. The van der Waals surface area contributed by atoms with E-state index in [-0.39, 0.29) is 11.9 Å². The Kier molecular flexibility index (Phi) is 4.38. The molecule has 0 radical (unpaired) electrons. The molecule has 3 rings (SSSR count). The normalized spacial score (nSPS) is 18.5. The number of aromatic nitrogens is 2. The van der Waals surface area contributed by atoms with E-state index in [1.54, 1.807) is 17.2 Å². The maximum atomic E-state index is 13.2. The molecule has 3 heterocycles. The van der Waals surface area contributed by atoms with Crippen LogP contribution in [0.15, 0.2) is 30.6 Å². The number of hydrogen-bond acceptors (Lipinski definition) is 3. The fourth-order valence-corrected chi connectivity index (χ4v) is 3.48. The van der Waals surface area contributed by atoms with Gasteiger partial charge in [-0.1, -0.05) is 29.3 Å².